The number of hydrogen-bond donors (Lipinski definition) is 2. The zero-order chi connectivity index (χ0) is 13.4. The van der Waals surface area contributed by atoms with Gasteiger partial charge in [-0.15, -0.1) is 12.4 Å². The van der Waals surface area contributed by atoms with Crippen LogP contribution in [-0.2, 0) is 4.79 Å². The Balaban J connectivity index is 0.00000324. The molecule has 0 aromatic rings. The summed E-state index contributed by atoms with van der Waals surface area (Å²) in [4.78, 5) is 12.2. The molecule has 0 bridgehead atoms. The van der Waals surface area contributed by atoms with E-state index in [1.54, 1.807) is 0 Å². The number of carbonyl (C=O) groups excluding carboxylic acids is 1. The van der Waals surface area contributed by atoms with Gasteiger partial charge >= 0.3 is 0 Å². The van der Waals surface area contributed by atoms with Crippen molar-refractivity contribution in [2.24, 2.45) is 11.8 Å². The van der Waals surface area contributed by atoms with Gasteiger partial charge in [0, 0.05) is 18.5 Å². The van der Waals surface area contributed by atoms with Gasteiger partial charge in [0.2, 0.25) is 5.91 Å². The normalized spacial score (nSPS) is 18.7. The summed E-state index contributed by atoms with van der Waals surface area (Å²) in [5.74, 6) is 1.31. The summed E-state index contributed by atoms with van der Waals surface area (Å²) in [6.07, 6.45) is 8.64. The van der Waals surface area contributed by atoms with E-state index in [4.69, 9.17) is 0 Å². The Bertz CT molecular complexity index is 242. The molecule has 4 heteroatoms. The van der Waals surface area contributed by atoms with Gasteiger partial charge < -0.3 is 10.6 Å². The molecule has 2 unspecified atom stereocenters. The van der Waals surface area contributed by atoms with Gasteiger partial charge in [-0.2, -0.15) is 0 Å². The van der Waals surface area contributed by atoms with Crippen LogP contribution in [0.25, 0.3) is 0 Å². The fourth-order valence-corrected chi connectivity index (χ4v) is 2.85. The largest absolute Gasteiger partial charge is 0.354 e. The Kier molecular flexibility index (Phi) is 10.3. The van der Waals surface area contributed by atoms with Crippen LogP contribution in [0.4, 0.5) is 0 Å². The van der Waals surface area contributed by atoms with Crippen LogP contribution >= 0.6 is 12.4 Å². The SMILES string of the molecule is CCCC(CC1CCCC1)C(=O)NCC(C)NC.Cl. The maximum atomic E-state index is 12.2. The standard InChI is InChI=1S/C15H30N2O.ClH/c1-4-7-14(10-13-8-5-6-9-13)15(18)17-11-12(2)16-3;/h12-14,16H,4-11H2,1-3H3,(H,17,18);1H. The van der Waals surface area contributed by atoms with E-state index in [9.17, 15) is 4.79 Å². The van der Waals surface area contributed by atoms with Crippen LogP contribution in [0.2, 0.25) is 0 Å². The summed E-state index contributed by atoms with van der Waals surface area (Å²) in [6, 6.07) is 0.350. The average molecular weight is 291 g/mol. The molecule has 0 heterocycles. The van der Waals surface area contributed by atoms with Gasteiger partial charge in [0.05, 0.1) is 0 Å². The zero-order valence-corrected chi connectivity index (χ0v) is 13.5. The first kappa shape index (κ1) is 18.7. The first-order chi connectivity index (χ1) is 8.67. The predicted molar refractivity (Wildman–Crippen MR) is 83.8 cm³/mol. The molecule has 2 atom stereocenters. The van der Waals surface area contributed by atoms with Gasteiger partial charge in [0.1, 0.15) is 0 Å². The van der Waals surface area contributed by atoms with Crippen molar-refractivity contribution in [1.29, 1.82) is 0 Å². The number of likely N-dealkylation sites (N-methyl/N-ethyl adjacent to an activating group) is 1. The Morgan fingerprint density at radius 1 is 1.32 bits per heavy atom. The second-order valence-electron chi connectivity index (χ2n) is 5.81. The Labute approximate surface area is 124 Å². The Hall–Kier alpha value is -0.280. The molecule has 1 aliphatic rings. The summed E-state index contributed by atoms with van der Waals surface area (Å²) in [5.41, 5.74) is 0. The lowest BCUT2D eigenvalue weighted by molar-refractivity contribution is -0.125. The molecule has 2 N–H and O–H groups in total. The third kappa shape index (κ3) is 7.17. The summed E-state index contributed by atoms with van der Waals surface area (Å²) >= 11 is 0. The number of amides is 1. The lowest BCUT2D eigenvalue weighted by Crippen LogP contribution is -2.40. The van der Waals surface area contributed by atoms with Crippen molar-refractivity contribution in [2.45, 2.75) is 64.8 Å². The van der Waals surface area contributed by atoms with E-state index < -0.39 is 0 Å². The van der Waals surface area contributed by atoms with Crippen molar-refractivity contribution in [1.82, 2.24) is 10.6 Å². The highest BCUT2D eigenvalue weighted by Crippen LogP contribution is 2.31. The molecular weight excluding hydrogens is 260 g/mol. The maximum absolute atomic E-state index is 12.2. The Morgan fingerprint density at radius 2 is 1.95 bits per heavy atom. The van der Waals surface area contributed by atoms with Crippen molar-refractivity contribution in [3.63, 3.8) is 0 Å². The van der Waals surface area contributed by atoms with E-state index in [1.165, 1.54) is 25.7 Å². The van der Waals surface area contributed by atoms with Gasteiger partial charge in [-0.25, -0.2) is 0 Å². The maximum Gasteiger partial charge on any atom is 0.223 e. The lowest BCUT2D eigenvalue weighted by atomic mass is 9.89. The van der Waals surface area contributed by atoms with Crippen molar-refractivity contribution in [3.05, 3.63) is 0 Å². The van der Waals surface area contributed by atoms with E-state index in [0.717, 1.165) is 31.7 Å². The smallest absolute Gasteiger partial charge is 0.223 e. The number of carbonyl (C=O) groups is 1. The minimum atomic E-state index is 0. The molecule has 1 aliphatic carbocycles. The van der Waals surface area contributed by atoms with E-state index in [-0.39, 0.29) is 24.2 Å². The second-order valence-corrected chi connectivity index (χ2v) is 5.81. The molecule has 1 fully saturated rings. The fraction of sp³-hybridized carbons (Fsp3) is 0.933. The van der Waals surface area contributed by atoms with Gasteiger partial charge in [-0.1, -0.05) is 39.0 Å². The van der Waals surface area contributed by atoms with Gasteiger partial charge in [-0.3, -0.25) is 4.79 Å². The summed E-state index contributed by atoms with van der Waals surface area (Å²) in [5, 5.41) is 6.24. The third-order valence-electron chi connectivity index (χ3n) is 4.18. The topological polar surface area (TPSA) is 41.1 Å². The molecule has 0 spiro atoms. The molecule has 0 radical (unpaired) electrons. The molecule has 114 valence electrons. The van der Waals surface area contributed by atoms with E-state index in [1.807, 2.05) is 7.05 Å². The second kappa shape index (κ2) is 10.5. The van der Waals surface area contributed by atoms with Crippen molar-refractivity contribution >= 4 is 18.3 Å². The first-order valence-corrected chi connectivity index (χ1v) is 7.62. The molecule has 1 amide bonds. The molecule has 3 nitrogen and oxygen atoms in total. The molecule has 1 saturated carbocycles. The van der Waals surface area contributed by atoms with Crippen molar-refractivity contribution in [2.75, 3.05) is 13.6 Å². The molecule has 19 heavy (non-hydrogen) atoms. The summed E-state index contributed by atoms with van der Waals surface area (Å²) in [6.45, 7) is 5.00. The number of hydrogen-bond acceptors (Lipinski definition) is 2. The molecule has 0 saturated heterocycles. The third-order valence-corrected chi connectivity index (χ3v) is 4.18. The van der Waals surface area contributed by atoms with Crippen LogP contribution in [0.1, 0.15) is 58.8 Å². The summed E-state index contributed by atoms with van der Waals surface area (Å²) < 4.78 is 0. The van der Waals surface area contributed by atoms with Gasteiger partial charge in [0.15, 0.2) is 0 Å². The number of nitrogens with one attached hydrogen (secondary N) is 2. The van der Waals surface area contributed by atoms with Crippen molar-refractivity contribution in [3.8, 4) is 0 Å². The highest BCUT2D eigenvalue weighted by Gasteiger charge is 2.24. The molecule has 0 aliphatic heterocycles. The van der Waals surface area contributed by atoms with Crippen molar-refractivity contribution < 1.29 is 4.79 Å². The quantitative estimate of drug-likeness (QED) is 0.721. The van der Waals surface area contributed by atoms with E-state index >= 15 is 0 Å². The molecule has 0 aromatic carbocycles. The fourth-order valence-electron chi connectivity index (χ4n) is 2.85. The monoisotopic (exact) mass is 290 g/mol. The Morgan fingerprint density at radius 3 is 2.47 bits per heavy atom. The van der Waals surface area contributed by atoms with Gasteiger partial charge in [-0.05, 0) is 32.7 Å². The van der Waals surface area contributed by atoms with E-state index in [0.29, 0.717) is 6.04 Å². The highest BCUT2D eigenvalue weighted by atomic mass is 35.5. The van der Waals surface area contributed by atoms with Crippen LogP contribution in [0.15, 0.2) is 0 Å². The van der Waals surface area contributed by atoms with Gasteiger partial charge in [0.25, 0.3) is 0 Å². The van der Waals surface area contributed by atoms with Crippen LogP contribution in [0.3, 0.4) is 0 Å². The van der Waals surface area contributed by atoms with Crippen LogP contribution in [0, 0.1) is 11.8 Å². The minimum Gasteiger partial charge on any atom is -0.354 e. The molecule has 0 aromatic heterocycles. The van der Waals surface area contributed by atoms with Crippen LogP contribution < -0.4 is 10.6 Å². The lowest BCUT2D eigenvalue weighted by Gasteiger charge is -2.21. The van der Waals surface area contributed by atoms with E-state index in [2.05, 4.69) is 24.5 Å². The number of halogens is 1. The zero-order valence-electron chi connectivity index (χ0n) is 12.7. The average Bonchev–Trinajstić information content (AvgIpc) is 2.87. The van der Waals surface area contributed by atoms with Crippen LogP contribution in [0.5, 0.6) is 0 Å². The predicted octanol–water partition coefficient (Wildman–Crippen LogP) is 3.13. The minimum absolute atomic E-state index is 0. The first-order valence-electron chi connectivity index (χ1n) is 7.62. The van der Waals surface area contributed by atoms with Crippen LogP contribution in [-0.4, -0.2) is 25.5 Å². The highest BCUT2D eigenvalue weighted by molar-refractivity contribution is 5.85. The number of rotatable bonds is 8. The molecular formula is C15H31ClN2O. The summed E-state index contributed by atoms with van der Waals surface area (Å²) in [7, 11) is 1.93. The molecule has 1 rings (SSSR count).